The molecule has 0 heterocycles. The third-order valence-electron chi connectivity index (χ3n) is 2.29. The van der Waals surface area contributed by atoms with E-state index >= 15 is 0 Å². The van der Waals surface area contributed by atoms with E-state index in [0.29, 0.717) is 8.95 Å². The van der Waals surface area contributed by atoms with E-state index in [1.807, 2.05) is 0 Å². The van der Waals surface area contributed by atoms with Crippen molar-refractivity contribution in [3.8, 4) is 5.75 Å². The van der Waals surface area contributed by atoms with Crippen LogP contribution < -0.4 is 4.72 Å². The first-order valence-electron chi connectivity index (χ1n) is 5.15. The van der Waals surface area contributed by atoms with Crippen molar-refractivity contribution in [1.82, 2.24) is 0 Å². The van der Waals surface area contributed by atoms with E-state index in [0.717, 1.165) is 0 Å². The van der Waals surface area contributed by atoms with Crippen LogP contribution in [-0.4, -0.2) is 13.5 Å². The first kappa shape index (κ1) is 14.4. The third kappa shape index (κ3) is 3.49. The molecule has 2 aromatic rings. The van der Waals surface area contributed by atoms with Gasteiger partial charge < -0.3 is 5.11 Å². The molecule has 0 aliphatic carbocycles. The van der Waals surface area contributed by atoms with Crippen LogP contribution >= 0.6 is 31.9 Å². The van der Waals surface area contributed by atoms with Gasteiger partial charge in [0, 0.05) is 8.95 Å². The van der Waals surface area contributed by atoms with Crippen LogP contribution in [0.15, 0.2) is 56.3 Å². The predicted octanol–water partition coefficient (Wildman–Crippen LogP) is 3.72. The second-order valence-electron chi connectivity index (χ2n) is 3.73. The average molecular weight is 407 g/mol. The number of phenols is 1. The summed E-state index contributed by atoms with van der Waals surface area (Å²) < 4.78 is 28.0. The van der Waals surface area contributed by atoms with Gasteiger partial charge in [-0.15, -0.1) is 0 Å². The minimum Gasteiger partial charge on any atom is -0.506 e. The normalized spacial score (nSPS) is 11.3. The fourth-order valence-corrected chi connectivity index (χ4v) is 4.19. The molecule has 0 unspecified atom stereocenters. The van der Waals surface area contributed by atoms with E-state index in [4.69, 9.17) is 0 Å². The number of hydrogen-bond donors (Lipinski definition) is 2. The van der Waals surface area contributed by atoms with Gasteiger partial charge in [-0.2, -0.15) is 0 Å². The van der Waals surface area contributed by atoms with Crippen LogP contribution in [0, 0.1) is 0 Å². The van der Waals surface area contributed by atoms with Gasteiger partial charge in [0.15, 0.2) is 0 Å². The SMILES string of the molecule is O=S(=O)(Nc1ccccc1O)c1cc(Br)cc(Br)c1. The molecule has 2 N–H and O–H groups in total. The van der Waals surface area contributed by atoms with E-state index in [9.17, 15) is 13.5 Å². The summed E-state index contributed by atoms with van der Waals surface area (Å²) in [6.45, 7) is 0. The molecule has 0 aromatic heterocycles. The summed E-state index contributed by atoms with van der Waals surface area (Å²) >= 11 is 6.47. The summed E-state index contributed by atoms with van der Waals surface area (Å²) in [6, 6.07) is 10.8. The molecular weight excluding hydrogens is 398 g/mol. The Morgan fingerprint density at radius 2 is 1.58 bits per heavy atom. The Kier molecular flexibility index (Phi) is 4.17. The Morgan fingerprint density at radius 1 is 1.00 bits per heavy atom. The molecule has 0 aliphatic heterocycles. The minimum atomic E-state index is -3.75. The summed E-state index contributed by atoms with van der Waals surface area (Å²) in [6.07, 6.45) is 0. The van der Waals surface area contributed by atoms with Crippen molar-refractivity contribution < 1.29 is 13.5 Å². The first-order valence-corrected chi connectivity index (χ1v) is 8.22. The highest BCUT2D eigenvalue weighted by Gasteiger charge is 2.16. The number of benzene rings is 2. The summed E-state index contributed by atoms with van der Waals surface area (Å²) in [4.78, 5) is 0.0944. The number of sulfonamides is 1. The number of nitrogens with one attached hydrogen (secondary N) is 1. The highest BCUT2D eigenvalue weighted by molar-refractivity contribution is 9.11. The van der Waals surface area contributed by atoms with E-state index in [-0.39, 0.29) is 16.3 Å². The summed E-state index contributed by atoms with van der Waals surface area (Å²) in [5, 5.41) is 9.58. The van der Waals surface area contributed by atoms with Crippen LogP contribution in [0.4, 0.5) is 5.69 Å². The Morgan fingerprint density at radius 3 is 2.16 bits per heavy atom. The molecule has 0 atom stereocenters. The van der Waals surface area contributed by atoms with Crippen LogP contribution in [0.2, 0.25) is 0 Å². The smallest absolute Gasteiger partial charge is 0.262 e. The maximum atomic E-state index is 12.2. The molecule has 0 bridgehead atoms. The van der Waals surface area contributed by atoms with E-state index in [1.165, 1.54) is 24.3 Å². The van der Waals surface area contributed by atoms with Crippen LogP contribution in [-0.2, 0) is 10.0 Å². The lowest BCUT2D eigenvalue weighted by atomic mass is 10.3. The summed E-state index contributed by atoms with van der Waals surface area (Å²) in [5.74, 6) is -0.125. The van der Waals surface area contributed by atoms with Crippen molar-refractivity contribution in [1.29, 1.82) is 0 Å². The second-order valence-corrected chi connectivity index (χ2v) is 7.24. The number of para-hydroxylation sites is 2. The van der Waals surface area contributed by atoms with Crippen LogP contribution in [0.1, 0.15) is 0 Å². The van der Waals surface area contributed by atoms with Gasteiger partial charge >= 0.3 is 0 Å². The molecule has 0 fully saturated rings. The molecule has 2 rings (SSSR count). The Bertz CT molecular complexity index is 696. The zero-order valence-corrected chi connectivity index (χ0v) is 13.5. The Balaban J connectivity index is 2.41. The fraction of sp³-hybridized carbons (Fsp3) is 0. The van der Waals surface area contributed by atoms with Crippen molar-refractivity contribution in [2.24, 2.45) is 0 Å². The topological polar surface area (TPSA) is 66.4 Å². The van der Waals surface area contributed by atoms with Gasteiger partial charge in [-0.25, -0.2) is 8.42 Å². The van der Waals surface area contributed by atoms with Gasteiger partial charge in [-0.05, 0) is 30.3 Å². The fourth-order valence-electron chi connectivity index (χ4n) is 1.45. The van der Waals surface area contributed by atoms with Gasteiger partial charge in [0.1, 0.15) is 5.75 Å². The molecule has 0 amide bonds. The lowest BCUT2D eigenvalue weighted by molar-refractivity contribution is 0.477. The second kappa shape index (κ2) is 5.52. The van der Waals surface area contributed by atoms with Gasteiger partial charge in [0.25, 0.3) is 10.0 Å². The molecule has 19 heavy (non-hydrogen) atoms. The maximum absolute atomic E-state index is 12.2. The van der Waals surface area contributed by atoms with Crippen molar-refractivity contribution in [3.05, 3.63) is 51.4 Å². The third-order valence-corrected chi connectivity index (χ3v) is 4.56. The molecule has 100 valence electrons. The lowest BCUT2D eigenvalue weighted by Crippen LogP contribution is -2.13. The zero-order valence-electron chi connectivity index (χ0n) is 9.47. The Hall–Kier alpha value is -1.05. The molecule has 0 aliphatic rings. The molecule has 0 saturated carbocycles. The number of anilines is 1. The summed E-state index contributed by atoms with van der Waals surface area (Å²) in [7, 11) is -3.75. The first-order chi connectivity index (χ1) is 8.88. The molecule has 0 saturated heterocycles. The molecule has 0 radical (unpaired) electrons. The number of phenolic OH excluding ortho intramolecular Hbond substituents is 1. The van der Waals surface area contributed by atoms with Crippen LogP contribution in [0.25, 0.3) is 0 Å². The van der Waals surface area contributed by atoms with Crippen molar-refractivity contribution in [2.45, 2.75) is 4.90 Å². The maximum Gasteiger partial charge on any atom is 0.262 e. The monoisotopic (exact) mass is 405 g/mol. The number of aromatic hydroxyl groups is 1. The van der Waals surface area contributed by atoms with Crippen molar-refractivity contribution >= 4 is 47.6 Å². The van der Waals surface area contributed by atoms with E-state index in [1.54, 1.807) is 18.2 Å². The highest BCUT2D eigenvalue weighted by Crippen LogP contribution is 2.27. The average Bonchev–Trinajstić information content (AvgIpc) is 2.31. The molecule has 7 heteroatoms. The number of rotatable bonds is 3. The number of hydrogen-bond acceptors (Lipinski definition) is 3. The molecular formula is C12H9Br2NO3S. The molecule has 4 nitrogen and oxygen atoms in total. The van der Waals surface area contributed by atoms with Gasteiger partial charge in [-0.1, -0.05) is 44.0 Å². The highest BCUT2D eigenvalue weighted by atomic mass is 79.9. The van der Waals surface area contributed by atoms with Crippen LogP contribution in [0.3, 0.4) is 0 Å². The Labute approximate surface area is 127 Å². The minimum absolute atomic E-state index is 0.0944. The van der Waals surface area contributed by atoms with Gasteiger partial charge in [0.05, 0.1) is 10.6 Å². The van der Waals surface area contributed by atoms with E-state index in [2.05, 4.69) is 36.6 Å². The number of halogens is 2. The quantitative estimate of drug-likeness (QED) is 0.763. The van der Waals surface area contributed by atoms with Crippen molar-refractivity contribution in [2.75, 3.05) is 4.72 Å². The zero-order chi connectivity index (χ0) is 14.0. The van der Waals surface area contributed by atoms with Crippen LogP contribution in [0.5, 0.6) is 5.75 Å². The lowest BCUT2D eigenvalue weighted by Gasteiger charge is -2.10. The van der Waals surface area contributed by atoms with Gasteiger partial charge in [-0.3, -0.25) is 4.72 Å². The molecule has 2 aromatic carbocycles. The largest absolute Gasteiger partial charge is 0.506 e. The van der Waals surface area contributed by atoms with E-state index < -0.39 is 10.0 Å². The molecule has 0 spiro atoms. The van der Waals surface area contributed by atoms with Gasteiger partial charge in [0.2, 0.25) is 0 Å². The predicted molar refractivity (Wildman–Crippen MR) is 80.8 cm³/mol. The van der Waals surface area contributed by atoms with Crippen molar-refractivity contribution in [3.63, 3.8) is 0 Å². The standard InChI is InChI=1S/C12H9Br2NO3S/c13-8-5-9(14)7-10(6-8)19(17,18)15-11-3-1-2-4-12(11)16/h1-7,15-16H. The summed E-state index contributed by atoms with van der Waals surface area (Å²) in [5.41, 5.74) is 0.138.